The van der Waals surface area contributed by atoms with Crippen molar-refractivity contribution in [2.75, 3.05) is 0 Å². The Bertz CT molecular complexity index is 365. The van der Waals surface area contributed by atoms with Gasteiger partial charge in [0, 0.05) is 12.8 Å². The highest BCUT2D eigenvalue weighted by atomic mass is 16.4. The summed E-state index contributed by atoms with van der Waals surface area (Å²) in [4.78, 5) is 21.7. The molecule has 4 heteroatoms. The molecule has 1 atom stereocenters. The number of allylic oxidation sites excluding steroid dienone is 5. The molecule has 0 fully saturated rings. The van der Waals surface area contributed by atoms with Gasteiger partial charge in [0.05, 0.1) is 6.10 Å². The zero-order valence-corrected chi connectivity index (χ0v) is 12.0. The van der Waals surface area contributed by atoms with Crippen LogP contribution in [0.1, 0.15) is 45.4 Å². The lowest BCUT2D eigenvalue weighted by Crippen LogP contribution is -1.95. The Morgan fingerprint density at radius 3 is 2.15 bits per heavy atom. The quantitative estimate of drug-likeness (QED) is 0.346. The van der Waals surface area contributed by atoms with E-state index in [-0.39, 0.29) is 12.2 Å². The van der Waals surface area contributed by atoms with Gasteiger partial charge in [-0.05, 0) is 25.8 Å². The first-order valence-electron chi connectivity index (χ1n) is 6.96. The predicted molar refractivity (Wildman–Crippen MR) is 79.4 cm³/mol. The van der Waals surface area contributed by atoms with Crippen molar-refractivity contribution in [1.82, 2.24) is 0 Å². The summed E-state index contributed by atoms with van der Waals surface area (Å²) in [6.07, 6.45) is 13.5. The number of carbonyl (C=O) groups is 2. The highest BCUT2D eigenvalue weighted by molar-refractivity contribution is 5.89. The number of carboxylic acid groups (broad SMARTS) is 1. The van der Waals surface area contributed by atoms with Crippen LogP contribution >= 0.6 is 0 Å². The minimum Gasteiger partial charge on any atom is -0.481 e. The Hall–Kier alpha value is -1.68. The van der Waals surface area contributed by atoms with Gasteiger partial charge in [0.25, 0.3) is 0 Å². The zero-order valence-electron chi connectivity index (χ0n) is 12.0. The largest absolute Gasteiger partial charge is 0.481 e. The predicted octanol–water partition coefficient (Wildman–Crippen LogP) is 3.03. The fourth-order valence-corrected chi connectivity index (χ4v) is 1.53. The van der Waals surface area contributed by atoms with Gasteiger partial charge in [0.1, 0.15) is 0 Å². The van der Waals surface area contributed by atoms with E-state index in [4.69, 9.17) is 10.2 Å². The van der Waals surface area contributed by atoms with Crippen molar-refractivity contribution in [2.45, 2.75) is 51.6 Å². The van der Waals surface area contributed by atoms with Gasteiger partial charge in [0.15, 0.2) is 5.78 Å². The molecule has 0 aromatic heterocycles. The smallest absolute Gasteiger partial charge is 0.303 e. The molecule has 0 heterocycles. The van der Waals surface area contributed by atoms with Crippen LogP contribution in [0, 0.1) is 0 Å². The molecule has 0 bridgehead atoms. The van der Waals surface area contributed by atoms with E-state index in [0.717, 1.165) is 19.3 Å². The summed E-state index contributed by atoms with van der Waals surface area (Å²) >= 11 is 0. The van der Waals surface area contributed by atoms with E-state index in [9.17, 15) is 9.59 Å². The van der Waals surface area contributed by atoms with E-state index in [1.807, 2.05) is 0 Å². The van der Waals surface area contributed by atoms with E-state index < -0.39 is 12.1 Å². The van der Waals surface area contributed by atoms with Crippen LogP contribution in [-0.2, 0) is 9.59 Å². The molecule has 0 spiro atoms. The van der Waals surface area contributed by atoms with Crippen molar-refractivity contribution < 1.29 is 19.8 Å². The number of carboxylic acids is 1. The third-order valence-electron chi connectivity index (χ3n) is 2.57. The van der Waals surface area contributed by atoms with Gasteiger partial charge in [-0.15, -0.1) is 0 Å². The molecule has 0 saturated heterocycles. The molecule has 0 saturated carbocycles. The Labute approximate surface area is 120 Å². The number of rotatable bonds is 11. The first kappa shape index (κ1) is 18.3. The minimum absolute atomic E-state index is 0.0763. The van der Waals surface area contributed by atoms with Crippen LogP contribution < -0.4 is 0 Å². The van der Waals surface area contributed by atoms with Crippen LogP contribution in [0.15, 0.2) is 36.5 Å². The molecule has 20 heavy (non-hydrogen) atoms. The Kier molecular flexibility index (Phi) is 11.3. The van der Waals surface area contributed by atoms with E-state index in [1.54, 1.807) is 37.3 Å². The summed E-state index contributed by atoms with van der Waals surface area (Å²) in [6, 6.07) is 0. The third kappa shape index (κ3) is 14.4. The fourth-order valence-electron chi connectivity index (χ4n) is 1.53. The number of ketones is 1. The molecule has 0 amide bonds. The number of hydrogen-bond acceptors (Lipinski definition) is 3. The second-order valence-electron chi connectivity index (χ2n) is 4.64. The molecule has 0 aliphatic carbocycles. The summed E-state index contributed by atoms with van der Waals surface area (Å²) in [6.45, 7) is 1.67. The van der Waals surface area contributed by atoms with Crippen molar-refractivity contribution in [1.29, 1.82) is 0 Å². The van der Waals surface area contributed by atoms with Crippen LogP contribution in [0.2, 0.25) is 0 Å². The van der Waals surface area contributed by atoms with E-state index >= 15 is 0 Å². The average Bonchev–Trinajstić information content (AvgIpc) is 2.37. The molecular formula is C16H24O4. The first-order valence-corrected chi connectivity index (χ1v) is 6.96. The van der Waals surface area contributed by atoms with Gasteiger partial charge in [0.2, 0.25) is 0 Å². The maximum Gasteiger partial charge on any atom is 0.303 e. The molecular weight excluding hydrogens is 256 g/mol. The Balaban J connectivity index is 3.60. The maximum atomic E-state index is 11.5. The van der Waals surface area contributed by atoms with Crippen molar-refractivity contribution in [3.63, 3.8) is 0 Å². The number of aliphatic hydroxyl groups excluding tert-OH is 1. The highest BCUT2D eigenvalue weighted by Gasteiger charge is 1.98. The topological polar surface area (TPSA) is 74.6 Å². The van der Waals surface area contributed by atoms with E-state index in [1.165, 1.54) is 6.08 Å². The van der Waals surface area contributed by atoms with Crippen LogP contribution in [0.25, 0.3) is 0 Å². The van der Waals surface area contributed by atoms with Gasteiger partial charge >= 0.3 is 5.97 Å². The Morgan fingerprint density at radius 1 is 0.950 bits per heavy atom. The molecule has 4 nitrogen and oxygen atoms in total. The monoisotopic (exact) mass is 280 g/mol. The van der Waals surface area contributed by atoms with Crippen LogP contribution in [-0.4, -0.2) is 28.1 Å². The van der Waals surface area contributed by atoms with Crippen molar-refractivity contribution in [3.05, 3.63) is 36.5 Å². The molecule has 0 aliphatic heterocycles. The number of hydrogen-bond donors (Lipinski definition) is 2. The molecule has 0 radical (unpaired) electrons. The second-order valence-corrected chi connectivity index (χ2v) is 4.64. The molecule has 0 aromatic carbocycles. The zero-order chi connectivity index (χ0) is 15.2. The van der Waals surface area contributed by atoms with Gasteiger partial charge in [-0.3, -0.25) is 9.59 Å². The van der Waals surface area contributed by atoms with E-state index in [2.05, 4.69) is 0 Å². The average molecular weight is 280 g/mol. The summed E-state index contributed by atoms with van der Waals surface area (Å²) in [5, 5.41) is 17.4. The van der Waals surface area contributed by atoms with E-state index in [0.29, 0.717) is 12.8 Å². The van der Waals surface area contributed by atoms with Gasteiger partial charge in [-0.25, -0.2) is 0 Å². The number of aliphatic hydroxyl groups is 1. The summed E-state index contributed by atoms with van der Waals surface area (Å²) in [5.41, 5.74) is 0. The van der Waals surface area contributed by atoms with Gasteiger partial charge in [-0.2, -0.15) is 0 Å². The van der Waals surface area contributed by atoms with Gasteiger partial charge in [-0.1, -0.05) is 43.2 Å². The number of aliphatic carboxylic acids is 1. The van der Waals surface area contributed by atoms with Crippen molar-refractivity contribution >= 4 is 11.8 Å². The number of carbonyl (C=O) groups excluding carboxylic acids is 1. The normalized spacial score (nSPS) is 13.5. The standard InChI is InChI=1S/C16H24O4/c1-14(17)10-6-2-3-7-11-15(18)12-8-4-5-9-13-16(19)20/h2-3,6-7,10-11,14,17H,4-5,8-9,12-13H2,1H3,(H,19,20). The Morgan fingerprint density at radius 2 is 1.55 bits per heavy atom. The van der Waals surface area contributed by atoms with Crippen molar-refractivity contribution in [2.24, 2.45) is 0 Å². The first-order chi connectivity index (χ1) is 9.52. The summed E-state index contributed by atoms with van der Waals surface area (Å²) in [7, 11) is 0. The highest BCUT2D eigenvalue weighted by Crippen LogP contribution is 2.06. The second kappa shape index (κ2) is 12.4. The summed E-state index contributed by atoms with van der Waals surface area (Å²) < 4.78 is 0. The van der Waals surface area contributed by atoms with Crippen molar-refractivity contribution in [3.8, 4) is 0 Å². The third-order valence-corrected chi connectivity index (χ3v) is 2.57. The lowest BCUT2D eigenvalue weighted by molar-refractivity contribution is -0.137. The SMILES string of the molecule is CC(O)C=CC=CC=CC(=O)CCCCCCC(=O)O. The summed E-state index contributed by atoms with van der Waals surface area (Å²) in [5.74, 6) is -0.687. The molecule has 2 N–H and O–H groups in total. The molecule has 0 aliphatic rings. The molecule has 1 unspecified atom stereocenters. The van der Waals surface area contributed by atoms with Crippen LogP contribution in [0.4, 0.5) is 0 Å². The lowest BCUT2D eigenvalue weighted by Gasteiger charge is -1.97. The lowest BCUT2D eigenvalue weighted by atomic mass is 10.1. The minimum atomic E-state index is -0.763. The molecule has 112 valence electrons. The number of unbranched alkanes of at least 4 members (excludes halogenated alkanes) is 3. The molecule has 0 rings (SSSR count). The fraction of sp³-hybridized carbons (Fsp3) is 0.500. The maximum absolute atomic E-state index is 11.5. The van der Waals surface area contributed by atoms with Gasteiger partial charge < -0.3 is 10.2 Å². The van der Waals surface area contributed by atoms with Crippen LogP contribution in [0.5, 0.6) is 0 Å². The molecule has 0 aromatic rings. The van der Waals surface area contributed by atoms with Crippen LogP contribution in [0.3, 0.4) is 0 Å².